The van der Waals surface area contributed by atoms with Crippen LogP contribution in [0, 0.1) is 5.92 Å². The first-order chi connectivity index (χ1) is 9.29. The van der Waals surface area contributed by atoms with E-state index >= 15 is 0 Å². The number of nitrogens with zero attached hydrogens (tertiary/aromatic N) is 3. The first kappa shape index (κ1) is 10.9. The van der Waals surface area contributed by atoms with Crippen LogP contribution < -0.4 is 10.6 Å². The van der Waals surface area contributed by atoms with Crippen molar-refractivity contribution in [2.24, 2.45) is 5.92 Å². The lowest BCUT2D eigenvalue weighted by Gasteiger charge is -2.23. The highest BCUT2D eigenvalue weighted by molar-refractivity contribution is 5.92. The molecule has 2 bridgehead atoms. The van der Waals surface area contributed by atoms with Gasteiger partial charge < -0.3 is 15.0 Å². The van der Waals surface area contributed by atoms with Crippen LogP contribution in [0.3, 0.4) is 0 Å². The average Bonchev–Trinajstić information content (AvgIpc) is 3.13. The number of amides is 1. The molecule has 1 saturated heterocycles. The quantitative estimate of drug-likeness (QED) is 0.807. The molecular formula is C13H15N5O. The van der Waals surface area contributed by atoms with Crippen LogP contribution in [0.5, 0.6) is 0 Å². The molecule has 19 heavy (non-hydrogen) atoms. The Bertz CT molecular complexity index is 637. The zero-order chi connectivity index (χ0) is 12.8. The van der Waals surface area contributed by atoms with E-state index in [0.29, 0.717) is 11.7 Å². The summed E-state index contributed by atoms with van der Waals surface area (Å²) in [4.78, 5) is 20.4. The Hall–Kier alpha value is -1.95. The minimum Gasteiger partial charge on any atom is -0.346 e. The number of carbonyl (C=O) groups is 1. The summed E-state index contributed by atoms with van der Waals surface area (Å²) < 4.78 is 1.81. The molecule has 2 aromatic heterocycles. The van der Waals surface area contributed by atoms with Crippen LogP contribution in [0.25, 0.3) is 5.52 Å². The first-order valence-electron chi connectivity index (χ1n) is 6.61. The van der Waals surface area contributed by atoms with Crippen molar-refractivity contribution < 1.29 is 4.79 Å². The topological polar surface area (TPSA) is 71.3 Å². The zero-order valence-electron chi connectivity index (χ0n) is 10.4. The van der Waals surface area contributed by atoms with Gasteiger partial charge in [0.15, 0.2) is 0 Å². The Balaban J connectivity index is 1.53. The van der Waals surface area contributed by atoms with Crippen LogP contribution in [0.1, 0.15) is 23.3 Å². The molecule has 1 aliphatic heterocycles. The maximum atomic E-state index is 12.2. The van der Waals surface area contributed by atoms with Crippen LogP contribution in [-0.4, -0.2) is 38.9 Å². The summed E-state index contributed by atoms with van der Waals surface area (Å²) in [6, 6.07) is 0.678. The number of fused-ring (bicyclic) bond motifs is 3. The molecule has 1 aliphatic carbocycles. The van der Waals surface area contributed by atoms with E-state index in [4.69, 9.17) is 0 Å². The molecular weight excluding hydrogens is 242 g/mol. The van der Waals surface area contributed by atoms with Gasteiger partial charge in [-0.2, -0.15) is 0 Å². The van der Waals surface area contributed by atoms with E-state index in [1.807, 2.05) is 0 Å². The number of aromatic nitrogens is 3. The highest BCUT2D eigenvalue weighted by atomic mass is 16.2. The van der Waals surface area contributed by atoms with E-state index in [0.717, 1.165) is 24.4 Å². The fourth-order valence-electron chi connectivity index (χ4n) is 3.20. The monoisotopic (exact) mass is 257 g/mol. The van der Waals surface area contributed by atoms with Crippen molar-refractivity contribution >= 4 is 11.4 Å². The Labute approximate surface area is 110 Å². The largest absolute Gasteiger partial charge is 0.346 e. The van der Waals surface area contributed by atoms with Crippen molar-refractivity contribution in [3.05, 3.63) is 30.6 Å². The molecule has 4 rings (SSSR count). The number of hydrogen-bond donors (Lipinski definition) is 2. The third kappa shape index (κ3) is 1.79. The summed E-state index contributed by atoms with van der Waals surface area (Å²) in [6.07, 6.45) is 9.04. The minimum absolute atomic E-state index is 0.102. The molecule has 98 valence electrons. The molecule has 0 spiro atoms. The molecule has 0 unspecified atom stereocenters. The van der Waals surface area contributed by atoms with Crippen LogP contribution in [0.4, 0.5) is 0 Å². The molecule has 1 amide bonds. The van der Waals surface area contributed by atoms with E-state index in [-0.39, 0.29) is 11.9 Å². The minimum atomic E-state index is -0.102. The summed E-state index contributed by atoms with van der Waals surface area (Å²) in [7, 11) is 0. The molecule has 3 heterocycles. The Morgan fingerprint density at radius 2 is 2.37 bits per heavy atom. The van der Waals surface area contributed by atoms with Gasteiger partial charge in [0.25, 0.3) is 5.91 Å². The summed E-state index contributed by atoms with van der Waals surface area (Å²) in [5, 5.41) is 6.52. The molecule has 6 heteroatoms. The third-order valence-electron chi connectivity index (χ3n) is 4.17. The lowest BCUT2D eigenvalue weighted by Crippen LogP contribution is -2.48. The lowest BCUT2D eigenvalue weighted by atomic mass is 10.1. The maximum absolute atomic E-state index is 12.2. The van der Waals surface area contributed by atoms with Gasteiger partial charge in [-0.15, -0.1) is 0 Å². The summed E-state index contributed by atoms with van der Waals surface area (Å²) in [5.41, 5.74) is 1.33. The van der Waals surface area contributed by atoms with Gasteiger partial charge in [0, 0.05) is 18.3 Å². The van der Waals surface area contributed by atoms with Gasteiger partial charge in [-0.1, -0.05) is 0 Å². The van der Waals surface area contributed by atoms with Gasteiger partial charge in [0.2, 0.25) is 0 Å². The highest BCUT2D eigenvalue weighted by Crippen LogP contribution is 2.31. The van der Waals surface area contributed by atoms with Gasteiger partial charge in [0.05, 0.1) is 24.2 Å². The predicted octanol–water partition coefficient (Wildman–Crippen LogP) is 0.209. The number of piperidine rings is 1. The van der Waals surface area contributed by atoms with E-state index in [1.165, 1.54) is 6.42 Å². The van der Waals surface area contributed by atoms with Crippen molar-refractivity contribution in [2.45, 2.75) is 24.9 Å². The Morgan fingerprint density at radius 3 is 3.16 bits per heavy atom. The van der Waals surface area contributed by atoms with Gasteiger partial charge in [-0.25, -0.2) is 9.97 Å². The van der Waals surface area contributed by atoms with Crippen LogP contribution in [0.15, 0.2) is 24.9 Å². The normalized spacial score (nSPS) is 28.9. The fraction of sp³-hybridized carbons (Fsp3) is 0.462. The number of carbonyl (C=O) groups excluding carboxylic acids is 1. The van der Waals surface area contributed by atoms with Crippen LogP contribution in [0.2, 0.25) is 0 Å². The number of hydrogen-bond acceptors (Lipinski definition) is 4. The molecule has 3 atom stereocenters. The van der Waals surface area contributed by atoms with Crippen molar-refractivity contribution in [2.75, 3.05) is 6.54 Å². The third-order valence-corrected chi connectivity index (χ3v) is 4.17. The van der Waals surface area contributed by atoms with E-state index in [1.54, 1.807) is 29.3 Å². The molecule has 0 radical (unpaired) electrons. The predicted molar refractivity (Wildman–Crippen MR) is 68.8 cm³/mol. The lowest BCUT2D eigenvalue weighted by molar-refractivity contribution is 0.0923. The fourth-order valence-corrected chi connectivity index (χ4v) is 3.20. The standard InChI is InChI=1S/C13H15N5O/c19-13(17-11-2-8-1-10(11)15-3-8)12-6-18-7-14-4-9(18)5-16-12/h4-8,10-11,15H,1-3H2,(H,17,19)/t8-,10+,11+/m0/s1. The molecule has 2 aliphatic rings. The second-order valence-corrected chi connectivity index (χ2v) is 5.43. The summed E-state index contributed by atoms with van der Waals surface area (Å²) >= 11 is 0. The summed E-state index contributed by atoms with van der Waals surface area (Å²) in [5.74, 6) is 0.620. The number of nitrogens with one attached hydrogen (secondary N) is 2. The van der Waals surface area contributed by atoms with Gasteiger partial charge >= 0.3 is 0 Å². The summed E-state index contributed by atoms with van der Waals surface area (Å²) in [6.45, 7) is 1.09. The van der Waals surface area contributed by atoms with Crippen LogP contribution >= 0.6 is 0 Å². The van der Waals surface area contributed by atoms with Crippen molar-refractivity contribution in [1.82, 2.24) is 25.0 Å². The second kappa shape index (κ2) is 4.03. The van der Waals surface area contributed by atoms with Crippen molar-refractivity contribution in [3.63, 3.8) is 0 Å². The molecule has 1 saturated carbocycles. The molecule has 2 fully saturated rings. The van der Waals surface area contributed by atoms with Crippen molar-refractivity contribution in [1.29, 1.82) is 0 Å². The Morgan fingerprint density at radius 1 is 1.42 bits per heavy atom. The average molecular weight is 257 g/mol. The van der Waals surface area contributed by atoms with Crippen LogP contribution in [-0.2, 0) is 0 Å². The molecule has 0 aromatic carbocycles. The highest BCUT2D eigenvalue weighted by Gasteiger charge is 2.40. The van der Waals surface area contributed by atoms with E-state index < -0.39 is 0 Å². The van der Waals surface area contributed by atoms with Crippen molar-refractivity contribution in [3.8, 4) is 0 Å². The molecule has 2 aromatic rings. The van der Waals surface area contributed by atoms with Gasteiger partial charge in [0.1, 0.15) is 5.69 Å². The Kier molecular flexibility index (Phi) is 2.32. The smallest absolute Gasteiger partial charge is 0.271 e. The maximum Gasteiger partial charge on any atom is 0.271 e. The SMILES string of the molecule is O=C(N[C@@H]1C[C@H]2CN[C@@H]1C2)c1cn2cncc2cn1. The molecule has 2 N–H and O–H groups in total. The number of rotatable bonds is 2. The van der Waals surface area contributed by atoms with Gasteiger partial charge in [-0.05, 0) is 25.3 Å². The van der Waals surface area contributed by atoms with E-state index in [2.05, 4.69) is 20.6 Å². The first-order valence-corrected chi connectivity index (χ1v) is 6.61. The number of imidazole rings is 1. The van der Waals surface area contributed by atoms with E-state index in [9.17, 15) is 4.79 Å². The van der Waals surface area contributed by atoms with Gasteiger partial charge in [-0.3, -0.25) is 4.79 Å². The zero-order valence-corrected chi connectivity index (χ0v) is 10.4. The second-order valence-electron chi connectivity index (χ2n) is 5.43. The molecule has 6 nitrogen and oxygen atoms in total.